The largest absolute Gasteiger partial charge is 0.392 e. The van der Waals surface area contributed by atoms with Gasteiger partial charge in [0.2, 0.25) is 0 Å². The van der Waals surface area contributed by atoms with Crippen LogP contribution in [0.15, 0.2) is 18.2 Å². The van der Waals surface area contributed by atoms with Crippen LogP contribution in [0.25, 0.3) is 10.9 Å². The van der Waals surface area contributed by atoms with Crippen molar-refractivity contribution < 1.29 is 5.11 Å². The summed E-state index contributed by atoms with van der Waals surface area (Å²) in [6.45, 7) is 5.14. The molecule has 0 unspecified atom stereocenters. The number of fused-ring (bicyclic) bond motifs is 2. The molecule has 2 aromatic rings. The van der Waals surface area contributed by atoms with Crippen LogP contribution in [0.2, 0.25) is 5.02 Å². The molecule has 0 spiro atoms. The van der Waals surface area contributed by atoms with Crippen LogP contribution in [0.3, 0.4) is 0 Å². The highest BCUT2D eigenvalue weighted by molar-refractivity contribution is 6.31. The summed E-state index contributed by atoms with van der Waals surface area (Å²) in [6.07, 6.45) is 0.953. The second-order valence-corrected chi connectivity index (χ2v) is 5.39. The monoisotopic (exact) mass is 276 g/mol. The van der Waals surface area contributed by atoms with Gasteiger partial charge in [-0.05, 0) is 35.9 Å². The Morgan fingerprint density at radius 3 is 3.00 bits per heavy atom. The molecule has 0 saturated heterocycles. The van der Waals surface area contributed by atoms with E-state index in [-0.39, 0.29) is 6.61 Å². The second kappa shape index (κ2) is 5.08. The molecule has 1 aliphatic rings. The first kappa shape index (κ1) is 12.9. The van der Waals surface area contributed by atoms with Crippen molar-refractivity contribution in [1.82, 2.24) is 9.88 Å². The lowest BCUT2D eigenvalue weighted by Crippen LogP contribution is -2.31. The molecule has 0 aliphatic carbocycles. The van der Waals surface area contributed by atoms with Crippen molar-refractivity contribution in [2.24, 2.45) is 0 Å². The van der Waals surface area contributed by atoms with E-state index >= 15 is 0 Å². The van der Waals surface area contributed by atoms with Gasteiger partial charge in [0.25, 0.3) is 0 Å². The van der Waals surface area contributed by atoms with Gasteiger partial charge in [0.15, 0.2) is 0 Å². The number of rotatable bonds is 2. The Balaban J connectivity index is 2.23. The van der Waals surface area contributed by atoms with Gasteiger partial charge in [0, 0.05) is 35.6 Å². The van der Waals surface area contributed by atoms with Gasteiger partial charge in [-0.3, -0.25) is 9.88 Å². The molecule has 2 heterocycles. The van der Waals surface area contributed by atoms with Crippen molar-refractivity contribution in [3.8, 4) is 0 Å². The Morgan fingerprint density at radius 1 is 1.42 bits per heavy atom. The lowest BCUT2D eigenvalue weighted by Gasteiger charge is -2.29. The standard InChI is InChI=1S/C15H17ClN2O/c1-2-18-6-5-15-12(8-18)13(9-19)11-7-10(16)3-4-14(11)17-15/h3-4,7,19H,2,5-6,8-9H2,1H3. The maximum atomic E-state index is 9.75. The van der Waals surface area contributed by atoms with Crippen molar-refractivity contribution in [1.29, 1.82) is 0 Å². The van der Waals surface area contributed by atoms with Crippen molar-refractivity contribution in [2.45, 2.75) is 26.5 Å². The van der Waals surface area contributed by atoms with Gasteiger partial charge in [-0.2, -0.15) is 0 Å². The molecule has 1 aromatic carbocycles. The topological polar surface area (TPSA) is 36.4 Å². The molecule has 1 aromatic heterocycles. The highest BCUT2D eigenvalue weighted by atomic mass is 35.5. The number of aliphatic hydroxyl groups excluding tert-OH is 1. The molecule has 0 amide bonds. The summed E-state index contributed by atoms with van der Waals surface area (Å²) in [5.41, 5.74) is 4.23. The number of likely N-dealkylation sites (N-methyl/N-ethyl adjacent to an activating group) is 1. The summed E-state index contributed by atoms with van der Waals surface area (Å²) in [7, 11) is 0. The molecule has 0 atom stereocenters. The minimum Gasteiger partial charge on any atom is -0.392 e. The third-order valence-electron chi connectivity index (χ3n) is 3.90. The van der Waals surface area contributed by atoms with Crippen molar-refractivity contribution in [3.05, 3.63) is 40.0 Å². The maximum Gasteiger partial charge on any atom is 0.0710 e. The van der Waals surface area contributed by atoms with Crippen LogP contribution in [0, 0.1) is 0 Å². The molecular weight excluding hydrogens is 260 g/mol. The number of halogens is 1. The van der Waals surface area contributed by atoms with Crippen LogP contribution in [0.4, 0.5) is 0 Å². The van der Waals surface area contributed by atoms with E-state index in [4.69, 9.17) is 16.6 Å². The Morgan fingerprint density at radius 2 is 2.26 bits per heavy atom. The van der Waals surface area contributed by atoms with E-state index in [0.717, 1.165) is 48.2 Å². The van der Waals surface area contributed by atoms with E-state index < -0.39 is 0 Å². The predicted molar refractivity (Wildman–Crippen MR) is 77.3 cm³/mol. The lowest BCUT2D eigenvalue weighted by molar-refractivity contribution is 0.252. The number of aliphatic hydroxyl groups is 1. The smallest absolute Gasteiger partial charge is 0.0710 e. The lowest BCUT2D eigenvalue weighted by atomic mass is 9.96. The Kier molecular flexibility index (Phi) is 3.44. The highest BCUT2D eigenvalue weighted by Crippen LogP contribution is 2.29. The SMILES string of the molecule is CCN1CCc2nc3ccc(Cl)cc3c(CO)c2C1. The molecule has 1 N–H and O–H groups in total. The molecule has 0 saturated carbocycles. The van der Waals surface area contributed by atoms with E-state index in [1.807, 2.05) is 18.2 Å². The summed E-state index contributed by atoms with van der Waals surface area (Å²) >= 11 is 6.07. The first-order valence-electron chi connectivity index (χ1n) is 6.66. The average molecular weight is 277 g/mol. The van der Waals surface area contributed by atoms with Crippen LogP contribution in [0.1, 0.15) is 23.7 Å². The van der Waals surface area contributed by atoms with Gasteiger partial charge in [-0.25, -0.2) is 0 Å². The number of aromatic nitrogens is 1. The fraction of sp³-hybridized carbons (Fsp3) is 0.400. The fourth-order valence-corrected chi connectivity index (χ4v) is 2.98. The minimum atomic E-state index is 0.0409. The number of benzene rings is 1. The number of nitrogens with zero attached hydrogens (tertiary/aromatic N) is 2. The molecule has 0 radical (unpaired) electrons. The quantitative estimate of drug-likeness (QED) is 0.916. The third kappa shape index (κ3) is 2.22. The van der Waals surface area contributed by atoms with Crippen LogP contribution in [-0.2, 0) is 19.6 Å². The van der Waals surface area contributed by atoms with Crippen molar-refractivity contribution in [2.75, 3.05) is 13.1 Å². The highest BCUT2D eigenvalue weighted by Gasteiger charge is 2.21. The van der Waals surface area contributed by atoms with Crippen molar-refractivity contribution in [3.63, 3.8) is 0 Å². The maximum absolute atomic E-state index is 9.75. The van der Waals surface area contributed by atoms with Gasteiger partial charge in [-0.15, -0.1) is 0 Å². The van der Waals surface area contributed by atoms with E-state index in [0.29, 0.717) is 5.02 Å². The molecule has 1 aliphatic heterocycles. The van der Waals surface area contributed by atoms with E-state index in [1.54, 1.807) is 0 Å². The zero-order valence-electron chi connectivity index (χ0n) is 11.0. The summed E-state index contributed by atoms with van der Waals surface area (Å²) < 4.78 is 0. The van der Waals surface area contributed by atoms with Gasteiger partial charge in [-0.1, -0.05) is 18.5 Å². The van der Waals surface area contributed by atoms with Crippen molar-refractivity contribution >= 4 is 22.5 Å². The summed E-state index contributed by atoms with van der Waals surface area (Å²) in [4.78, 5) is 7.11. The molecule has 0 fully saturated rings. The third-order valence-corrected chi connectivity index (χ3v) is 4.14. The summed E-state index contributed by atoms with van der Waals surface area (Å²) in [6, 6.07) is 5.69. The zero-order chi connectivity index (χ0) is 13.4. The number of hydrogen-bond donors (Lipinski definition) is 1. The second-order valence-electron chi connectivity index (χ2n) is 4.95. The van der Waals surface area contributed by atoms with Crippen LogP contribution in [0.5, 0.6) is 0 Å². The van der Waals surface area contributed by atoms with Gasteiger partial charge in [0.05, 0.1) is 12.1 Å². The van der Waals surface area contributed by atoms with E-state index in [1.165, 1.54) is 5.56 Å². The van der Waals surface area contributed by atoms with Gasteiger partial charge >= 0.3 is 0 Å². The van der Waals surface area contributed by atoms with Crippen LogP contribution in [-0.4, -0.2) is 28.1 Å². The molecule has 3 nitrogen and oxygen atoms in total. The van der Waals surface area contributed by atoms with Gasteiger partial charge in [0.1, 0.15) is 0 Å². The molecule has 0 bridgehead atoms. The fourth-order valence-electron chi connectivity index (χ4n) is 2.81. The minimum absolute atomic E-state index is 0.0409. The van der Waals surface area contributed by atoms with Gasteiger partial charge < -0.3 is 5.11 Å². The van der Waals surface area contributed by atoms with Crippen LogP contribution >= 0.6 is 11.6 Å². The number of pyridine rings is 1. The average Bonchev–Trinajstić information content (AvgIpc) is 2.44. The van der Waals surface area contributed by atoms with E-state index in [9.17, 15) is 5.11 Å². The van der Waals surface area contributed by atoms with E-state index in [2.05, 4.69) is 11.8 Å². The Bertz CT molecular complexity index is 627. The molecular formula is C15H17ClN2O. The Labute approximate surface area is 117 Å². The molecule has 19 heavy (non-hydrogen) atoms. The number of hydrogen-bond acceptors (Lipinski definition) is 3. The predicted octanol–water partition coefficient (Wildman–Crippen LogP) is 2.76. The summed E-state index contributed by atoms with van der Waals surface area (Å²) in [5.74, 6) is 0. The van der Waals surface area contributed by atoms with Crippen LogP contribution < -0.4 is 0 Å². The normalized spacial score (nSPS) is 15.7. The first-order chi connectivity index (χ1) is 9.22. The first-order valence-corrected chi connectivity index (χ1v) is 7.03. The molecule has 4 heteroatoms. The molecule has 100 valence electrons. The Hall–Kier alpha value is -1.16. The molecule has 3 rings (SSSR count). The summed E-state index contributed by atoms with van der Waals surface area (Å²) in [5, 5.41) is 11.4. The zero-order valence-corrected chi connectivity index (χ0v) is 11.7.